The van der Waals surface area contributed by atoms with Crippen molar-refractivity contribution in [1.29, 1.82) is 0 Å². The van der Waals surface area contributed by atoms with Gasteiger partial charge in [-0.1, -0.05) is 54.6 Å². The predicted molar refractivity (Wildman–Crippen MR) is 153 cm³/mol. The molecule has 3 atom stereocenters. The first-order valence-electron chi connectivity index (χ1n) is 14.3. The summed E-state index contributed by atoms with van der Waals surface area (Å²) in [4.78, 5) is 28.4. The smallest absolute Gasteiger partial charge is 0.251 e. The number of unbranched alkanes of at least 4 members (excludes halogenated alkanes) is 1. The Morgan fingerprint density at radius 2 is 1.54 bits per heavy atom. The fourth-order valence-electron chi connectivity index (χ4n) is 5.54. The minimum absolute atomic E-state index is 0.0375. The van der Waals surface area contributed by atoms with Crippen molar-refractivity contribution in [1.82, 2.24) is 15.5 Å². The highest BCUT2D eigenvalue weighted by Crippen LogP contribution is 2.40. The Hall–Kier alpha value is -3.51. The molecule has 1 aliphatic heterocycles. The van der Waals surface area contributed by atoms with Crippen LogP contribution in [0.1, 0.15) is 66.8 Å². The lowest BCUT2D eigenvalue weighted by Crippen LogP contribution is -2.50. The predicted octanol–water partition coefficient (Wildman–Crippen LogP) is 5.92. The number of amides is 2. The highest BCUT2D eigenvalue weighted by Gasteiger charge is 2.37. The molecule has 2 N–H and O–H groups in total. The van der Waals surface area contributed by atoms with E-state index >= 15 is 0 Å². The Morgan fingerprint density at radius 3 is 2.26 bits per heavy atom. The monoisotopic (exact) mass is 527 g/mol. The highest BCUT2D eigenvalue weighted by atomic mass is 19.1. The molecule has 3 aromatic rings. The standard InChI is InChI=1S/C33H38FN3O2/c34-28-18-16-26(17-19-28)29-23-31(29)35-20-6-5-11-30(33(39)37-21-7-2-8-22-37)36-32(38)27-14-12-25(13-15-27)24-9-3-1-4-10-24/h1,3-4,9-10,12-19,29-31,35H,2,5-8,11,20-23H2,(H,36,38)/t29-,30?,31+/m0/s1. The van der Waals surface area contributed by atoms with Gasteiger partial charge in [0.2, 0.25) is 5.91 Å². The third-order valence-electron chi connectivity index (χ3n) is 7.94. The normalized spacial score (nSPS) is 19.4. The molecule has 39 heavy (non-hydrogen) atoms. The van der Waals surface area contributed by atoms with Crippen molar-refractivity contribution in [2.24, 2.45) is 0 Å². The zero-order chi connectivity index (χ0) is 27.0. The zero-order valence-electron chi connectivity index (χ0n) is 22.5. The number of piperidine rings is 1. The summed E-state index contributed by atoms with van der Waals surface area (Å²) in [6, 6.07) is 24.3. The Bertz CT molecular complexity index is 1220. The number of likely N-dealkylation sites (tertiary alicyclic amines) is 1. The van der Waals surface area contributed by atoms with Crippen LogP contribution < -0.4 is 10.6 Å². The molecule has 0 bridgehead atoms. The molecule has 2 amide bonds. The molecule has 0 radical (unpaired) electrons. The van der Waals surface area contributed by atoms with Crippen molar-refractivity contribution in [3.63, 3.8) is 0 Å². The average molecular weight is 528 g/mol. The van der Waals surface area contributed by atoms with Gasteiger partial charge >= 0.3 is 0 Å². The van der Waals surface area contributed by atoms with E-state index in [2.05, 4.69) is 10.6 Å². The Kier molecular flexibility index (Phi) is 9.04. The highest BCUT2D eigenvalue weighted by molar-refractivity contribution is 5.98. The van der Waals surface area contributed by atoms with E-state index in [-0.39, 0.29) is 17.6 Å². The minimum Gasteiger partial charge on any atom is -0.341 e. The third kappa shape index (κ3) is 7.33. The molecule has 0 spiro atoms. The van der Waals surface area contributed by atoms with Crippen LogP contribution in [-0.2, 0) is 4.79 Å². The molecule has 1 heterocycles. The Morgan fingerprint density at radius 1 is 0.846 bits per heavy atom. The molecule has 3 aromatic carbocycles. The lowest BCUT2D eigenvalue weighted by atomic mass is 10.0. The molecule has 2 fully saturated rings. The van der Waals surface area contributed by atoms with Gasteiger partial charge in [-0.2, -0.15) is 0 Å². The quantitative estimate of drug-likeness (QED) is 0.304. The van der Waals surface area contributed by atoms with Gasteiger partial charge in [0.25, 0.3) is 5.91 Å². The lowest BCUT2D eigenvalue weighted by Gasteiger charge is -2.31. The van der Waals surface area contributed by atoms with Crippen molar-refractivity contribution >= 4 is 11.8 Å². The van der Waals surface area contributed by atoms with Crippen LogP contribution >= 0.6 is 0 Å². The summed E-state index contributed by atoms with van der Waals surface area (Å²) in [5.41, 5.74) is 3.90. The van der Waals surface area contributed by atoms with Gasteiger partial charge in [-0.3, -0.25) is 9.59 Å². The molecular weight excluding hydrogens is 489 g/mol. The maximum absolute atomic E-state index is 13.4. The molecule has 1 saturated heterocycles. The number of carbonyl (C=O) groups excluding carboxylic acids is 2. The lowest BCUT2D eigenvalue weighted by molar-refractivity contribution is -0.134. The molecule has 1 unspecified atom stereocenters. The summed E-state index contributed by atoms with van der Waals surface area (Å²) in [6.45, 7) is 2.40. The molecule has 1 aliphatic carbocycles. The molecule has 6 heteroatoms. The second-order valence-electron chi connectivity index (χ2n) is 10.8. The van der Waals surface area contributed by atoms with Crippen molar-refractivity contribution < 1.29 is 14.0 Å². The van der Waals surface area contributed by atoms with E-state index in [4.69, 9.17) is 0 Å². The van der Waals surface area contributed by atoms with E-state index in [1.54, 1.807) is 0 Å². The van der Waals surface area contributed by atoms with E-state index in [1.807, 2.05) is 71.6 Å². The van der Waals surface area contributed by atoms with E-state index in [1.165, 1.54) is 17.7 Å². The summed E-state index contributed by atoms with van der Waals surface area (Å²) in [5.74, 6) is 0.0825. The summed E-state index contributed by atoms with van der Waals surface area (Å²) in [5, 5.41) is 6.65. The fourth-order valence-corrected chi connectivity index (χ4v) is 5.54. The van der Waals surface area contributed by atoms with Gasteiger partial charge in [-0.05, 0) is 92.4 Å². The molecule has 5 rings (SSSR count). The van der Waals surface area contributed by atoms with Gasteiger partial charge in [-0.25, -0.2) is 4.39 Å². The number of hydrogen-bond acceptors (Lipinski definition) is 3. The Labute approximate surface area is 230 Å². The average Bonchev–Trinajstić information content (AvgIpc) is 3.77. The fraction of sp³-hybridized carbons (Fsp3) is 0.394. The number of nitrogens with one attached hydrogen (secondary N) is 2. The second kappa shape index (κ2) is 13.0. The molecular formula is C33H38FN3O2. The number of halogens is 1. The number of carbonyl (C=O) groups is 2. The summed E-state index contributed by atoms with van der Waals surface area (Å²) in [6.07, 6.45) is 6.66. The first kappa shape index (κ1) is 27.1. The number of nitrogens with zero attached hydrogens (tertiary/aromatic N) is 1. The molecule has 0 aromatic heterocycles. The largest absolute Gasteiger partial charge is 0.341 e. The zero-order valence-corrected chi connectivity index (χ0v) is 22.5. The van der Waals surface area contributed by atoms with Crippen LogP contribution in [-0.4, -0.2) is 48.4 Å². The third-order valence-corrected chi connectivity index (χ3v) is 7.94. The van der Waals surface area contributed by atoms with Crippen molar-refractivity contribution in [2.75, 3.05) is 19.6 Å². The van der Waals surface area contributed by atoms with Gasteiger partial charge in [0.05, 0.1) is 0 Å². The SMILES string of the molecule is O=C(NC(CCCCN[C@@H]1C[C@H]1c1ccc(F)cc1)C(=O)N1CCCCC1)c1ccc(-c2ccccc2)cc1. The van der Waals surface area contributed by atoms with E-state index in [0.717, 1.165) is 69.3 Å². The molecule has 5 nitrogen and oxygen atoms in total. The van der Waals surface area contributed by atoms with Gasteiger partial charge < -0.3 is 15.5 Å². The second-order valence-corrected chi connectivity index (χ2v) is 10.8. The number of hydrogen-bond donors (Lipinski definition) is 2. The summed E-state index contributed by atoms with van der Waals surface area (Å²) in [7, 11) is 0. The van der Waals surface area contributed by atoms with Crippen LogP contribution in [0.4, 0.5) is 4.39 Å². The van der Waals surface area contributed by atoms with Crippen LogP contribution in [0.25, 0.3) is 11.1 Å². The molecule has 204 valence electrons. The van der Waals surface area contributed by atoms with Gasteiger partial charge in [0, 0.05) is 30.6 Å². The van der Waals surface area contributed by atoms with Gasteiger partial charge in [0.15, 0.2) is 0 Å². The summed E-state index contributed by atoms with van der Waals surface area (Å²) >= 11 is 0. The number of benzene rings is 3. The van der Waals surface area contributed by atoms with Crippen LogP contribution in [0.3, 0.4) is 0 Å². The van der Waals surface area contributed by atoms with Gasteiger partial charge in [0.1, 0.15) is 11.9 Å². The first-order chi connectivity index (χ1) is 19.1. The Balaban J connectivity index is 1.13. The maximum atomic E-state index is 13.4. The molecule has 2 aliphatic rings. The maximum Gasteiger partial charge on any atom is 0.251 e. The topological polar surface area (TPSA) is 61.4 Å². The molecule has 1 saturated carbocycles. The van der Waals surface area contributed by atoms with Crippen LogP contribution in [0, 0.1) is 5.82 Å². The van der Waals surface area contributed by atoms with Gasteiger partial charge in [-0.15, -0.1) is 0 Å². The van der Waals surface area contributed by atoms with E-state index < -0.39 is 6.04 Å². The van der Waals surface area contributed by atoms with E-state index in [0.29, 0.717) is 23.9 Å². The number of rotatable bonds is 11. The van der Waals surface area contributed by atoms with Crippen molar-refractivity contribution in [2.45, 2.75) is 62.9 Å². The van der Waals surface area contributed by atoms with E-state index in [9.17, 15) is 14.0 Å². The van der Waals surface area contributed by atoms with Crippen LogP contribution in [0.15, 0.2) is 78.9 Å². The van der Waals surface area contributed by atoms with Crippen LogP contribution in [0.2, 0.25) is 0 Å². The summed E-state index contributed by atoms with van der Waals surface area (Å²) < 4.78 is 13.2. The van der Waals surface area contributed by atoms with Crippen molar-refractivity contribution in [3.8, 4) is 11.1 Å². The van der Waals surface area contributed by atoms with Crippen LogP contribution in [0.5, 0.6) is 0 Å². The minimum atomic E-state index is -0.516. The first-order valence-corrected chi connectivity index (χ1v) is 14.3. The van der Waals surface area contributed by atoms with Crippen molar-refractivity contribution in [3.05, 3.63) is 95.8 Å².